The Bertz CT molecular complexity index is 2230. The molecule has 9 nitrogen and oxygen atoms in total. The first-order valence-corrected chi connectivity index (χ1v) is 17.0. The van der Waals surface area contributed by atoms with E-state index in [0.717, 1.165) is 43.9 Å². The SMILES string of the molecule is CO[C@H]1CCCC[C@H]1NC/C=C/C(=O)Nc1c(F)cc(C(=O)c2cc3c4c(cccn24)-c2c(C(F)(F)F)cc4c(nc(C)n4C)c2OCC3)cc1F. The number of carbonyl (C=O) groups is 2. The van der Waals surface area contributed by atoms with Crippen molar-refractivity contribution < 1.29 is 41.0 Å². The monoisotopic (exact) mass is 721 g/mol. The van der Waals surface area contributed by atoms with E-state index >= 15 is 8.78 Å². The van der Waals surface area contributed by atoms with Crippen LogP contribution < -0.4 is 15.4 Å². The molecule has 2 atom stereocenters. The van der Waals surface area contributed by atoms with E-state index in [1.165, 1.54) is 34.9 Å². The zero-order valence-corrected chi connectivity index (χ0v) is 28.7. The predicted molar refractivity (Wildman–Crippen MR) is 185 cm³/mol. The number of imidazole rings is 1. The van der Waals surface area contributed by atoms with Gasteiger partial charge in [-0.15, -0.1) is 0 Å². The number of nitrogens with one attached hydrogen (secondary N) is 2. The van der Waals surface area contributed by atoms with E-state index in [9.17, 15) is 22.8 Å². The third-order valence-corrected chi connectivity index (χ3v) is 9.97. The van der Waals surface area contributed by atoms with Crippen LogP contribution in [0.4, 0.5) is 27.6 Å². The molecule has 2 aliphatic rings. The minimum atomic E-state index is -4.77. The molecule has 2 aromatic carbocycles. The Morgan fingerprint density at radius 3 is 2.60 bits per heavy atom. The van der Waals surface area contributed by atoms with Crippen LogP contribution in [0.1, 0.15) is 58.7 Å². The molecular weight excluding hydrogens is 685 g/mol. The van der Waals surface area contributed by atoms with Crippen molar-refractivity contribution in [1.29, 1.82) is 0 Å². The zero-order chi connectivity index (χ0) is 36.9. The fraction of sp³-hybridized carbons (Fsp3) is 0.342. The van der Waals surface area contributed by atoms with E-state index in [2.05, 4.69) is 15.6 Å². The number of aromatic nitrogens is 3. The van der Waals surface area contributed by atoms with Gasteiger partial charge in [-0.3, -0.25) is 9.59 Å². The highest BCUT2D eigenvalue weighted by atomic mass is 19.4. The maximum atomic E-state index is 15.3. The van der Waals surface area contributed by atoms with Crippen molar-refractivity contribution in [3.8, 4) is 16.9 Å². The maximum absolute atomic E-state index is 15.3. The number of nitrogens with zero attached hydrogens (tertiary/aromatic N) is 3. The standard InChI is InChI=1S/C38H36F5N5O4/c1-20-45-34-28(47(20)2)19-24(38(41,42)43)32-23-8-7-14-48-29(18-21(35(23)48)12-15-52-37(32)34)36(50)22-16-25(39)33(26(40)17-22)46-31(49)11-6-13-44-27-9-4-5-10-30(27)51-3/h6-8,11,14,16-19,27,30,44H,4-5,9-10,12-13,15H2,1-3H3,(H,46,49)/b11-6+/t27-,30+/m1/s1. The second-order valence-electron chi connectivity index (χ2n) is 13.1. The summed E-state index contributed by atoms with van der Waals surface area (Å²) in [5, 5.41) is 5.52. The van der Waals surface area contributed by atoms with Gasteiger partial charge in [0.1, 0.15) is 28.7 Å². The molecule has 272 valence electrons. The molecule has 1 aliphatic carbocycles. The summed E-state index contributed by atoms with van der Waals surface area (Å²) in [6, 6.07) is 7.34. The van der Waals surface area contributed by atoms with Gasteiger partial charge in [-0.1, -0.05) is 25.0 Å². The molecule has 14 heteroatoms. The number of hydrogen-bond acceptors (Lipinski definition) is 6. The van der Waals surface area contributed by atoms with Gasteiger partial charge < -0.3 is 29.1 Å². The number of pyridine rings is 1. The van der Waals surface area contributed by atoms with Crippen LogP contribution in [0.15, 0.2) is 54.7 Å². The number of aryl methyl sites for hydroxylation is 2. The Morgan fingerprint density at radius 1 is 1.12 bits per heavy atom. The molecule has 0 bridgehead atoms. The van der Waals surface area contributed by atoms with Gasteiger partial charge in [0, 0.05) is 62.1 Å². The van der Waals surface area contributed by atoms with E-state index in [4.69, 9.17) is 9.47 Å². The second kappa shape index (κ2) is 13.8. The van der Waals surface area contributed by atoms with E-state index < -0.39 is 40.8 Å². The van der Waals surface area contributed by atoms with Crippen molar-refractivity contribution in [2.75, 3.05) is 25.6 Å². The molecule has 1 fully saturated rings. The van der Waals surface area contributed by atoms with E-state index in [1.54, 1.807) is 31.7 Å². The molecule has 2 N–H and O–H groups in total. The summed E-state index contributed by atoms with van der Waals surface area (Å²) in [5.74, 6) is -3.38. The summed E-state index contributed by atoms with van der Waals surface area (Å²) < 4.78 is 89.2. The summed E-state index contributed by atoms with van der Waals surface area (Å²) >= 11 is 0. The fourth-order valence-corrected chi connectivity index (χ4v) is 7.35. The normalized spacial score (nSPS) is 17.6. The molecule has 1 saturated carbocycles. The van der Waals surface area contributed by atoms with Gasteiger partial charge in [-0.2, -0.15) is 13.2 Å². The third kappa shape index (κ3) is 6.34. The number of halogens is 5. The Kier molecular flexibility index (Phi) is 9.38. The predicted octanol–water partition coefficient (Wildman–Crippen LogP) is 7.31. The number of hydrogen-bond donors (Lipinski definition) is 2. The summed E-state index contributed by atoms with van der Waals surface area (Å²) in [6.07, 6.45) is 3.82. The van der Waals surface area contributed by atoms with Crippen molar-refractivity contribution in [2.45, 2.75) is 57.3 Å². The molecule has 4 heterocycles. The number of carbonyl (C=O) groups excluding carboxylic acids is 2. The first-order chi connectivity index (χ1) is 24.9. The lowest BCUT2D eigenvalue weighted by molar-refractivity contribution is -0.137. The van der Waals surface area contributed by atoms with Gasteiger partial charge in [0.25, 0.3) is 0 Å². The highest BCUT2D eigenvalue weighted by molar-refractivity contribution is 6.10. The molecule has 0 radical (unpaired) electrons. The molecule has 7 rings (SSSR count). The van der Waals surface area contributed by atoms with Crippen molar-refractivity contribution in [1.82, 2.24) is 19.3 Å². The van der Waals surface area contributed by atoms with Crippen LogP contribution in [-0.2, 0) is 29.2 Å². The van der Waals surface area contributed by atoms with E-state index in [1.807, 2.05) is 0 Å². The van der Waals surface area contributed by atoms with Crippen LogP contribution in [0, 0.1) is 18.6 Å². The lowest BCUT2D eigenvalue weighted by Gasteiger charge is -2.30. The van der Waals surface area contributed by atoms with Crippen LogP contribution in [0.25, 0.3) is 27.7 Å². The quantitative estimate of drug-likeness (QED) is 0.0992. The average Bonchev–Trinajstić information content (AvgIpc) is 3.62. The average molecular weight is 722 g/mol. The molecule has 1 aliphatic heterocycles. The molecular formula is C38H36F5N5O4. The largest absolute Gasteiger partial charge is 0.490 e. The molecule has 3 aromatic heterocycles. The first-order valence-electron chi connectivity index (χ1n) is 17.0. The highest BCUT2D eigenvalue weighted by Gasteiger charge is 2.39. The van der Waals surface area contributed by atoms with Gasteiger partial charge in [-0.05, 0) is 55.7 Å². The number of methoxy groups -OCH3 is 1. The number of ketones is 1. The van der Waals surface area contributed by atoms with Crippen molar-refractivity contribution in [3.05, 3.63) is 94.6 Å². The fourth-order valence-electron chi connectivity index (χ4n) is 7.35. The molecule has 0 saturated heterocycles. The number of fused-ring (bicyclic) bond motifs is 4. The van der Waals surface area contributed by atoms with Gasteiger partial charge >= 0.3 is 6.18 Å². The smallest absolute Gasteiger partial charge is 0.417 e. The number of rotatable bonds is 8. The molecule has 0 unspecified atom stereocenters. The van der Waals surface area contributed by atoms with Crippen LogP contribution in [0.2, 0.25) is 0 Å². The second-order valence-corrected chi connectivity index (χ2v) is 13.1. The first kappa shape index (κ1) is 35.3. The third-order valence-electron chi connectivity index (χ3n) is 9.97. The van der Waals surface area contributed by atoms with Crippen LogP contribution >= 0.6 is 0 Å². The Labute approximate surface area is 295 Å². The van der Waals surface area contributed by atoms with E-state index in [0.29, 0.717) is 23.4 Å². The molecule has 5 aromatic rings. The van der Waals surface area contributed by atoms with Gasteiger partial charge in [0.2, 0.25) is 11.7 Å². The summed E-state index contributed by atoms with van der Waals surface area (Å²) in [6.45, 7) is 2.02. The Morgan fingerprint density at radius 2 is 1.87 bits per heavy atom. The van der Waals surface area contributed by atoms with Gasteiger partial charge in [0.05, 0.1) is 35.0 Å². The van der Waals surface area contributed by atoms with Crippen LogP contribution in [0.5, 0.6) is 5.75 Å². The van der Waals surface area contributed by atoms with Crippen LogP contribution in [-0.4, -0.2) is 58.0 Å². The van der Waals surface area contributed by atoms with E-state index in [-0.39, 0.29) is 64.3 Å². The zero-order valence-electron chi connectivity index (χ0n) is 28.7. The topological polar surface area (TPSA) is 98.9 Å². The van der Waals surface area contributed by atoms with Crippen molar-refractivity contribution >= 4 is 33.9 Å². The summed E-state index contributed by atoms with van der Waals surface area (Å²) in [4.78, 5) is 30.9. The van der Waals surface area contributed by atoms with Crippen molar-refractivity contribution in [3.63, 3.8) is 0 Å². The summed E-state index contributed by atoms with van der Waals surface area (Å²) in [7, 11) is 3.29. The number of anilines is 1. The lowest BCUT2D eigenvalue weighted by Crippen LogP contribution is -2.43. The van der Waals surface area contributed by atoms with Gasteiger partial charge in [0.15, 0.2) is 5.75 Å². The Hall–Kier alpha value is -5.08. The number of alkyl halides is 3. The Balaban J connectivity index is 1.19. The highest BCUT2D eigenvalue weighted by Crippen LogP contribution is 2.48. The number of amides is 1. The molecule has 0 spiro atoms. The number of benzene rings is 2. The summed E-state index contributed by atoms with van der Waals surface area (Å²) in [5.41, 5.74) is -0.667. The van der Waals surface area contributed by atoms with Crippen molar-refractivity contribution in [2.24, 2.45) is 7.05 Å². The minimum Gasteiger partial charge on any atom is -0.490 e. The lowest BCUT2D eigenvalue weighted by atomic mass is 9.92. The molecule has 1 amide bonds. The minimum absolute atomic E-state index is 0.0154. The van der Waals surface area contributed by atoms with Gasteiger partial charge in [-0.25, -0.2) is 13.8 Å². The molecule has 52 heavy (non-hydrogen) atoms. The number of ether oxygens (including phenoxy) is 2. The van der Waals surface area contributed by atoms with Crippen LogP contribution in [0.3, 0.4) is 0 Å². The maximum Gasteiger partial charge on any atom is 0.417 e.